The Hall–Kier alpha value is -0.910. The molecular weight excluding hydrogens is 488 g/mol. The van der Waals surface area contributed by atoms with Crippen molar-refractivity contribution in [3.05, 3.63) is 41.6 Å². The standard InChI is InChI=1S/C20H25N3O.2C2H4Cl2/c1-4-23(5-2)20(24)14-9-16-15-7-6-8-17-19(15)13(11-21-17)10-18(16)22(3)12-14;1-2(3)4;3-1-2-4/h6-9,11,14,18,21H,4-5,10,12H2,1-3H3;2H,1H3;1-2H2/t14-,18-;;/m1../s1. The van der Waals surface area contributed by atoms with Crippen LogP contribution >= 0.6 is 46.4 Å². The number of nitrogens with zero attached hydrogens (tertiary/aromatic N) is 2. The first-order valence-electron chi connectivity index (χ1n) is 11.0. The fraction of sp³-hybridized carbons (Fsp3) is 0.542. The number of carbonyl (C=O) groups excluding carboxylic acids is 1. The zero-order chi connectivity index (χ0) is 23.8. The molecule has 32 heavy (non-hydrogen) atoms. The zero-order valence-corrected chi connectivity index (χ0v) is 22.2. The van der Waals surface area contributed by atoms with E-state index in [0.717, 1.165) is 26.1 Å². The summed E-state index contributed by atoms with van der Waals surface area (Å²) in [5.74, 6) is 1.32. The third-order valence-electron chi connectivity index (χ3n) is 5.73. The third-order valence-corrected chi connectivity index (χ3v) is 6.30. The number of hydrogen-bond acceptors (Lipinski definition) is 2. The minimum atomic E-state index is -0.222. The maximum absolute atomic E-state index is 12.9. The Labute approximate surface area is 211 Å². The number of halogens is 4. The highest BCUT2D eigenvalue weighted by atomic mass is 35.5. The molecule has 0 saturated heterocycles. The van der Waals surface area contributed by atoms with Crippen molar-refractivity contribution in [2.75, 3.05) is 38.4 Å². The molecule has 2 aliphatic rings. The van der Waals surface area contributed by atoms with Gasteiger partial charge in [0.05, 0.1) is 5.92 Å². The number of aromatic nitrogens is 1. The molecule has 0 unspecified atom stereocenters. The quantitative estimate of drug-likeness (QED) is 0.489. The van der Waals surface area contributed by atoms with Crippen molar-refractivity contribution in [1.29, 1.82) is 0 Å². The summed E-state index contributed by atoms with van der Waals surface area (Å²) >= 11 is 20.2. The van der Waals surface area contributed by atoms with Crippen LogP contribution in [0.4, 0.5) is 0 Å². The number of likely N-dealkylation sites (N-methyl/N-ethyl adjacent to an activating group) is 1. The molecular formula is C24H33Cl4N3O. The Balaban J connectivity index is 0.000000395. The fourth-order valence-corrected chi connectivity index (χ4v) is 4.38. The van der Waals surface area contributed by atoms with Crippen LogP contribution in [0.25, 0.3) is 16.5 Å². The van der Waals surface area contributed by atoms with Gasteiger partial charge in [0.15, 0.2) is 0 Å². The smallest absolute Gasteiger partial charge is 0.230 e. The highest BCUT2D eigenvalue weighted by molar-refractivity contribution is 6.43. The monoisotopic (exact) mass is 519 g/mol. The summed E-state index contributed by atoms with van der Waals surface area (Å²) in [6.07, 6.45) is 5.41. The number of H-pyrrole nitrogens is 1. The number of rotatable bonds is 4. The topological polar surface area (TPSA) is 39.3 Å². The van der Waals surface area contributed by atoms with Crippen LogP contribution in [0.1, 0.15) is 31.9 Å². The minimum Gasteiger partial charge on any atom is -0.361 e. The Kier molecular flexibility index (Phi) is 11.2. The van der Waals surface area contributed by atoms with Crippen molar-refractivity contribution in [3.8, 4) is 0 Å². The average molecular weight is 521 g/mol. The highest BCUT2D eigenvalue weighted by Gasteiger charge is 2.36. The first-order valence-corrected chi connectivity index (χ1v) is 12.9. The van der Waals surface area contributed by atoms with E-state index in [0.29, 0.717) is 17.8 Å². The van der Waals surface area contributed by atoms with Crippen molar-refractivity contribution in [1.82, 2.24) is 14.8 Å². The molecule has 0 fully saturated rings. The van der Waals surface area contributed by atoms with E-state index in [4.69, 9.17) is 46.4 Å². The van der Waals surface area contributed by atoms with Gasteiger partial charge in [-0.3, -0.25) is 9.69 Å². The van der Waals surface area contributed by atoms with E-state index in [1.807, 2.05) is 4.90 Å². The van der Waals surface area contributed by atoms with Gasteiger partial charge in [0, 0.05) is 54.5 Å². The van der Waals surface area contributed by atoms with E-state index in [1.165, 1.54) is 27.6 Å². The van der Waals surface area contributed by atoms with Gasteiger partial charge in [0.2, 0.25) is 5.91 Å². The molecule has 0 spiro atoms. The molecule has 1 aromatic heterocycles. The van der Waals surface area contributed by atoms with Gasteiger partial charge >= 0.3 is 0 Å². The Bertz CT molecular complexity index is 903. The predicted molar refractivity (Wildman–Crippen MR) is 140 cm³/mol. The molecule has 2 aromatic rings. The van der Waals surface area contributed by atoms with Gasteiger partial charge in [-0.1, -0.05) is 18.2 Å². The second-order valence-corrected chi connectivity index (χ2v) is 10.1. The lowest BCUT2D eigenvalue weighted by Gasteiger charge is -2.40. The lowest BCUT2D eigenvalue weighted by molar-refractivity contribution is -0.134. The fourth-order valence-electron chi connectivity index (χ4n) is 4.38. The SMILES string of the molecule is CC(Cl)Cl.CCN(CC)C(=O)[C@@H]1C=C2c3cccc4[nH]cc(c34)C[C@H]2N(C)C1.ClCCCl. The van der Waals surface area contributed by atoms with Gasteiger partial charge in [0.1, 0.15) is 4.84 Å². The molecule has 4 nitrogen and oxygen atoms in total. The molecule has 0 radical (unpaired) electrons. The summed E-state index contributed by atoms with van der Waals surface area (Å²) in [7, 11) is 2.15. The molecule has 1 aliphatic heterocycles. The molecule has 0 bridgehead atoms. The molecule has 4 rings (SSSR count). The minimum absolute atomic E-state index is 0.0445. The van der Waals surface area contributed by atoms with Crippen LogP contribution in [0.5, 0.6) is 0 Å². The molecule has 1 N–H and O–H groups in total. The molecule has 1 aliphatic carbocycles. The van der Waals surface area contributed by atoms with E-state index >= 15 is 0 Å². The predicted octanol–water partition coefficient (Wildman–Crippen LogP) is 6.18. The van der Waals surface area contributed by atoms with Crippen LogP contribution in [-0.4, -0.2) is 70.0 Å². The largest absolute Gasteiger partial charge is 0.361 e. The molecule has 0 saturated carbocycles. The van der Waals surface area contributed by atoms with Crippen molar-refractivity contribution in [3.63, 3.8) is 0 Å². The van der Waals surface area contributed by atoms with Crippen LogP contribution < -0.4 is 0 Å². The summed E-state index contributed by atoms with van der Waals surface area (Å²) < 4.78 is 0. The molecule has 1 aromatic carbocycles. The Morgan fingerprint density at radius 1 is 1.22 bits per heavy atom. The zero-order valence-electron chi connectivity index (χ0n) is 19.2. The van der Waals surface area contributed by atoms with Crippen LogP contribution in [0.3, 0.4) is 0 Å². The number of aromatic amines is 1. The number of carbonyl (C=O) groups is 1. The van der Waals surface area contributed by atoms with Gasteiger partial charge in [-0.2, -0.15) is 0 Å². The highest BCUT2D eigenvalue weighted by Crippen LogP contribution is 2.40. The third kappa shape index (κ3) is 6.57. The van der Waals surface area contributed by atoms with Crippen LogP contribution in [-0.2, 0) is 11.2 Å². The van der Waals surface area contributed by atoms with Crippen LogP contribution in [0.15, 0.2) is 30.5 Å². The molecule has 1 amide bonds. The number of benzene rings is 1. The van der Waals surface area contributed by atoms with E-state index in [1.54, 1.807) is 6.92 Å². The molecule has 178 valence electrons. The second kappa shape index (κ2) is 13.1. The lowest BCUT2D eigenvalue weighted by Crippen LogP contribution is -2.47. The summed E-state index contributed by atoms with van der Waals surface area (Å²) in [5, 5.41) is 1.34. The van der Waals surface area contributed by atoms with Gasteiger partial charge < -0.3 is 9.88 Å². The summed E-state index contributed by atoms with van der Waals surface area (Å²) in [5.41, 5.74) is 5.21. The number of amides is 1. The van der Waals surface area contributed by atoms with E-state index in [9.17, 15) is 4.79 Å². The van der Waals surface area contributed by atoms with Gasteiger partial charge in [-0.25, -0.2) is 0 Å². The summed E-state index contributed by atoms with van der Waals surface area (Å²) in [4.78, 5) is 20.3. The second-order valence-electron chi connectivity index (χ2n) is 7.84. The first-order chi connectivity index (χ1) is 15.3. The molecule has 2 heterocycles. The van der Waals surface area contributed by atoms with Crippen LogP contribution in [0, 0.1) is 5.92 Å². The first kappa shape index (κ1) is 27.3. The number of hydrogen-bond donors (Lipinski definition) is 1. The van der Waals surface area contributed by atoms with E-state index in [-0.39, 0.29) is 16.7 Å². The van der Waals surface area contributed by atoms with E-state index in [2.05, 4.69) is 61.3 Å². The van der Waals surface area contributed by atoms with E-state index < -0.39 is 0 Å². The van der Waals surface area contributed by atoms with Crippen LogP contribution in [0.2, 0.25) is 0 Å². The molecule has 2 atom stereocenters. The number of fused-ring (bicyclic) bond motifs is 2. The number of alkyl halides is 4. The number of nitrogens with one attached hydrogen (secondary N) is 1. The lowest BCUT2D eigenvalue weighted by atomic mass is 9.79. The maximum Gasteiger partial charge on any atom is 0.230 e. The van der Waals surface area contributed by atoms with Gasteiger partial charge in [-0.15, -0.1) is 46.4 Å². The maximum atomic E-state index is 12.9. The van der Waals surface area contributed by atoms with Crippen molar-refractivity contribution in [2.45, 2.75) is 38.1 Å². The Morgan fingerprint density at radius 2 is 1.84 bits per heavy atom. The van der Waals surface area contributed by atoms with Gasteiger partial charge in [-0.05, 0) is 57.0 Å². The van der Waals surface area contributed by atoms with Crippen molar-refractivity contribution < 1.29 is 4.79 Å². The van der Waals surface area contributed by atoms with Gasteiger partial charge in [0.25, 0.3) is 0 Å². The van der Waals surface area contributed by atoms with Crippen molar-refractivity contribution >= 4 is 68.8 Å². The van der Waals surface area contributed by atoms with Crippen molar-refractivity contribution in [2.24, 2.45) is 5.92 Å². The Morgan fingerprint density at radius 3 is 2.41 bits per heavy atom. The summed E-state index contributed by atoms with van der Waals surface area (Å²) in [6.45, 7) is 8.16. The normalized spacial score (nSPS) is 19.3. The molecule has 8 heteroatoms. The summed E-state index contributed by atoms with van der Waals surface area (Å²) in [6, 6.07) is 6.82. The average Bonchev–Trinajstić information content (AvgIpc) is 3.19.